The first-order chi connectivity index (χ1) is 11.0. The molecule has 8 nitrogen and oxygen atoms in total. The maximum atomic E-state index is 12.1. The minimum absolute atomic E-state index is 0.0433. The number of methoxy groups -OCH3 is 1. The van der Waals surface area contributed by atoms with Crippen LogP contribution in [0, 0.1) is 0 Å². The van der Waals surface area contributed by atoms with E-state index in [1.807, 2.05) is 0 Å². The number of carbonyl (C=O) groups is 4. The summed E-state index contributed by atoms with van der Waals surface area (Å²) in [5.41, 5.74) is 0.267. The fourth-order valence-electron chi connectivity index (χ4n) is 2.13. The van der Waals surface area contributed by atoms with E-state index in [0.29, 0.717) is 5.06 Å². The van der Waals surface area contributed by atoms with Crippen LogP contribution in [-0.2, 0) is 9.57 Å². The fourth-order valence-corrected chi connectivity index (χ4v) is 2.13. The normalized spacial score (nSPS) is 13.0. The fraction of sp³-hybridized carbons (Fsp3) is 0.0667. The third-order valence-corrected chi connectivity index (χ3v) is 3.24. The van der Waals surface area contributed by atoms with Gasteiger partial charge >= 0.3 is 11.9 Å². The maximum Gasteiger partial charge on any atom is 0.379 e. The predicted octanol–water partition coefficient (Wildman–Crippen LogP) is 1.17. The van der Waals surface area contributed by atoms with Crippen LogP contribution in [0.1, 0.15) is 41.7 Å². The van der Waals surface area contributed by atoms with Crippen LogP contribution in [0.2, 0.25) is 0 Å². The van der Waals surface area contributed by atoms with E-state index >= 15 is 0 Å². The molecule has 0 spiro atoms. The number of fused-ring (bicyclic) bond motifs is 1. The Morgan fingerprint density at radius 2 is 1.43 bits per heavy atom. The Labute approximate surface area is 129 Å². The van der Waals surface area contributed by atoms with Crippen LogP contribution in [0.15, 0.2) is 36.4 Å². The quantitative estimate of drug-likeness (QED) is 0.673. The number of hydroxylamine groups is 2. The number of aromatic amines is 1. The highest BCUT2D eigenvalue weighted by atomic mass is 16.7. The van der Waals surface area contributed by atoms with Gasteiger partial charge in [0.15, 0.2) is 0 Å². The van der Waals surface area contributed by atoms with Crippen LogP contribution in [0.4, 0.5) is 0 Å². The Morgan fingerprint density at radius 3 is 1.96 bits per heavy atom. The number of benzene rings is 1. The number of ether oxygens (including phenoxy) is 1. The number of H-pyrrole nitrogens is 1. The minimum atomic E-state index is -0.977. The van der Waals surface area contributed by atoms with Crippen molar-refractivity contribution in [1.29, 1.82) is 0 Å². The van der Waals surface area contributed by atoms with E-state index in [-0.39, 0.29) is 22.5 Å². The molecule has 0 radical (unpaired) electrons. The second-order valence-corrected chi connectivity index (χ2v) is 4.61. The van der Waals surface area contributed by atoms with Gasteiger partial charge in [0.25, 0.3) is 11.8 Å². The van der Waals surface area contributed by atoms with Gasteiger partial charge < -0.3 is 14.6 Å². The molecule has 3 rings (SSSR count). The molecule has 116 valence electrons. The van der Waals surface area contributed by atoms with Gasteiger partial charge in [-0.2, -0.15) is 0 Å². The molecule has 0 atom stereocenters. The van der Waals surface area contributed by atoms with Crippen molar-refractivity contribution in [2.75, 3.05) is 7.11 Å². The number of amides is 2. The zero-order valence-corrected chi connectivity index (χ0v) is 11.9. The Balaban J connectivity index is 1.79. The lowest BCUT2D eigenvalue weighted by atomic mass is 10.1. The highest BCUT2D eigenvalue weighted by Gasteiger charge is 2.39. The molecular formula is C15H10N2O6. The second-order valence-electron chi connectivity index (χ2n) is 4.61. The number of hydrogen-bond donors (Lipinski definition) is 1. The summed E-state index contributed by atoms with van der Waals surface area (Å²) < 4.78 is 4.50. The van der Waals surface area contributed by atoms with Gasteiger partial charge in [0, 0.05) is 0 Å². The van der Waals surface area contributed by atoms with Gasteiger partial charge in [-0.05, 0) is 24.3 Å². The van der Waals surface area contributed by atoms with Crippen LogP contribution < -0.4 is 0 Å². The summed E-state index contributed by atoms with van der Waals surface area (Å²) in [6, 6.07) is 8.74. The molecule has 1 aliphatic heterocycles. The number of aromatic nitrogens is 1. The van der Waals surface area contributed by atoms with E-state index in [4.69, 9.17) is 4.84 Å². The van der Waals surface area contributed by atoms with Crippen molar-refractivity contribution in [2.45, 2.75) is 0 Å². The number of imide groups is 1. The van der Waals surface area contributed by atoms with Crippen LogP contribution in [0.5, 0.6) is 0 Å². The third-order valence-electron chi connectivity index (χ3n) is 3.24. The summed E-state index contributed by atoms with van der Waals surface area (Å²) in [5, 5.41) is 0.394. The lowest BCUT2D eigenvalue weighted by Crippen LogP contribution is -2.32. The highest BCUT2D eigenvalue weighted by molar-refractivity contribution is 6.21. The SMILES string of the molecule is COC(=O)c1ccc(C(=O)ON2C(=O)c3ccccc3C2=O)[nH]1. The summed E-state index contributed by atoms with van der Waals surface area (Å²) in [4.78, 5) is 54.8. The van der Waals surface area contributed by atoms with E-state index in [1.54, 1.807) is 12.1 Å². The molecule has 0 saturated carbocycles. The number of esters is 1. The number of nitrogens with zero attached hydrogens (tertiary/aromatic N) is 1. The highest BCUT2D eigenvalue weighted by Crippen LogP contribution is 2.23. The van der Waals surface area contributed by atoms with Crippen molar-refractivity contribution < 1.29 is 28.8 Å². The first kappa shape index (κ1) is 14.5. The number of rotatable bonds is 3. The second kappa shape index (κ2) is 5.41. The predicted molar refractivity (Wildman–Crippen MR) is 74.5 cm³/mol. The van der Waals surface area contributed by atoms with Crippen molar-refractivity contribution in [1.82, 2.24) is 10.0 Å². The van der Waals surface area contributed by atoms with Crippen molar-refractivity contribution in [3.05, 3.63) is 58.9 Å². The summed E-state index contributed by atoms with van der Waals surface area (Å²) in [6.07, 6.45) is 0. The molecule has 0 bridgehead atoms. The Bertz CT molecular complexity index is 803. The van der Waals surface area contributed by atoms with Crippen molar-refractivity contribution >= 4 is 23.8 Å². The van der Waals surface area contributed by atoms with Gasteiger partial charge in [-0.15, -0.1) is 0 Å². The van der Waals surface area contributed by atoms with Crippen molar-refractivity contribution in [2.24, 2.45) is 0 Å². The van der Waals surface area contributed by atoms with Crippen molar-refractivity contribution in [3.63, 3.8) is 0 Å². The van der Waals surface area contributed by atoms with Crippen LogP contribution >= 0.6 is 0 Å². The summed E-state index contributed by atoms with van der Waals surface area (Å²) >= 11 is 0. The standard InChI is InChI=1S/C15H10N2O6/c1-22-14(20)10-6-7-11(16-10)15(21)23-17-12(18)8-4-2-3-5-9(8)13(17)19/h2-7,16H,1H3. The average molecular weight is 314 g/mol. The molecule has 2 heterocycles. The molecule has 1 aromatic heterocycles. The van der Waals surface area contributed by atoms with E-state index in [0.717, 1.165) is 0 Å². The van der Waals surface area contributed by atoms with E-state index in [1.165, 1.54) is 31.4 Å². The van der Waals surface area contributed by atoms with Gasteiger partial charge in [-0.1, -0.05) is 17.2 Å². The monoisotopic (exact) mass is 314 g/mol. The summed E-state index contributed by atoms with van der Waals surface area (Å²) in [7, 11) is 1.19. The molecule has 2 amide bonds. The molecule has 0 saturated heterocycles. The first-order valence-corrected chi connectivity index (χ1v) is 6.50. The van der Waals surface area contributed by atoms with Crippen LogP contribution in [0.25, 0.3) is 0 Å². The van der Waals surface area contributed by atoms with Gasteiger partial charge in [0.2, 0.25) is 0 Å². The van der Waals surface area contributed by atoms with Gasteiger partial charge in [0.1, 0.15) is 11.4 Å². The topological polar surface area (TPSA) is 106 Å². The van der Waals surface area contributed by atoms with Crippen LogP contribution in [-0.4, -0.2) is 40.9 Å². The smallest absolute Gasteiger partial charge is 0.379 e. The average Bonchev–Trinajstić information content (AvgIpc) is 3.15. The Hall–Kier alpha value is -3.42. The molecule has 23 heavy (non-hydrogen) atoms. The molecule has 1 N–H and O–H groups in total. The lowest BCUT2D eigenvalue weighted by molar-refractivity contribution is -0.0588. The third kappa shape index (κ3) is 2.35. The lowest BCUT2D eigenvalue weighted by Gasteiger charge is -2.11. The molecule has 1 aliphatic rings. The van der Waals surface area contributed by atoms with Gasteiger partial charge in [-0.3, -0.25) is 9.59 Å². The molecule has 0 unspecified atom stereocenters. The van der Waals surface area contributed by atoms with Gasteiger partial charge in [0.05, 0.1) is 18.2 Å². The molecular weight excluding hydrogens is 304 g/mol. The zero-order valence-electron chi connectivity index (χ0n) is 11.9. The van der Waals surface area contributed by atoms with E-state index in [2.05, 4.69) is 9.72 Å². The number of hydrogen-bond acceptors (Lipinski definition) is 6. The molecule has 0 fully saturated rings. The largest absolute Gasteiger partial charge is 0.464 e. The van der Waals surface area contributed by atoms with E-state index < -0.39 is 23.8 Å². The zero-order chi connectivity index (χ0) is 16.6. The Morgan fingerprint density at radius 1 is 0.913 bits per heavy atom. The van der Waals surface area contributed by atoms with Gasteiger partial charge in [-0.25, -0.2) is 9.59 Å². The number of carbonyl (C=O) groups excluding carboxylic acids is 4. The molecule has 8 heteroatoms. The number of nitrogens with one attached hydrogen (secondary N) is 1. The summed E-state index contributed by atoms with van der Waals surface area (Å²) in [5.74, 6) is -3.09. The molecule has 2 aromatic rings. The summed E-state index contributed by atoms with van der Waals surface area (Å²) in [6.45, 7) is 0. The van der Waals surface area contributed by atoms with Crippen LogP contribution in [0.3, 0.4) is 0 Å². The van der Waals surface area contributed by atoms with E-state index in [9.17, 15) is 19.2 Å². The molecule has 1 aromatic carbocycles. The maximum absolute atomic E-state index is 12.1. The Kier molecular flexibility index (Phi) is 3.41. The molecule has 0 aliphatic carbocycles. The minimum Gasteiger partial charge on any atom is -0.464 e. The van der Waals surface area contributed by atoms with Crippen molar-refractivity contribution in [3.8, 4) is 0 Å². The first-order valence-electron chi connectivity index (χ1n) is 6.50.